The molecule has 0 radical (unpaired) electrons. The highest BCUT2D eigenvalue weighted by Crippen LogP contribution is 2.44. The van der Waals surface area contributed by atoms with Crippen LogP contribution < -0.4 is 0 Å². The Hall–Kier alpha value is 0.430. The molecule has 0 aromatic rings. The van der Waals surface area contributed by atoms with Gasteiger partial charge in [0.15, 0.2) is 0 Å². The van der Waals surface area contributed by atoms with Gasteiger partial charge in [-0.05, 0) is 36.8 Å². The molecular formula is C8H15P. The molecule has 1 heteroatoms. The second kappa shape index (κ2) is 2.23. The summed E-state index contributed by atoms with van der Waals surface area (Å²) < 4.78 is 0. The van der Waals surface area contributed by atoms with Crippen LogP contribution in [-0.2, 0) is 0 Å². The van der Waals surface area contributed by atoms with Gasteiger partial charge in [-0.25, -0.2) is 0 Å². The average Bonchev–Trinajstić information content (AvgIpc) is 2.45. The molecule has 0 nitrogen and oxygen atoms in total. The van der Waals surface area contributed by atoms with Crippen molar-refractivity contribution in [3.05, 3.63) is 0 Å². The van der Waals surface area contributed by atoms with E-state index in [-0.39, 0.29) is 0 Å². The Morgan fingerprint density at radius 3 is 2.22 bits per heavy atom. The van der Waals surface area contributed by atoms with Crippen LogP contribution in [0.2, 0.25) is 0 Å². The third-order valence-electron chi connectivity index (χ3n) is 2.64. The lowest BCUT2D eigenvalue weighted by atomic mass is 9.81. The van der Waals surface area contributed by atoms with Crippen molar-refractivity contribution in [1.82, 2.24) is 0 Å². The van der Waals surface area contributed by atoms with Gasteiger partial charge >= 0.3 is 0 Å². The van der Waals surface area contributed by atoms with Crippen molar-refractivity contribution in [3.63, 3.8) is 0 Å². The molecule has 0 aromatic heterocycles. The van der Waals surface area contributed by atoms with Crippen LogP contribution in [0.4, 0.5) is 0 Å². The average molecular weight is 142 g/mol. The van der Waals surface area contributed by atoms with E-state index in [1.165, 1.54) is 25.7 Å². The molecule has 0 saturated heterocycles. The summed E-state index contributed by atoms with van der Waals surface area (Å²) in [5.41, 5.74) is 0.980. The summed E-state index contributed by atoms with van der Waals surface area (Å²) in [6, 6.07) is 0. The summed E-state index contributed by atoms with van der Waals surface area (Å²) in [6.45, 7) is 0. The maximum atomic E-state index is 2.93. The van der Waals surface area contributed by atoms with Gasteiger partial charge < -0.3 is 0 Å². The lowest BCUT2D eigenvalue weighted by Crippen LogP contribution is -2.23. The zero-order valence-electron chi connectivity index (χ0n) is 5.84. The van der Waals surface area contributed by atoms with Crippen LogP contribution in [0.3, 0.4) is 0 Å². The predicted octanol–water partition coefficient (Wildman–Crippen LogP) is 2.44. The number of hydrogen-bond acceptors (Lipinski definition) is 0. The molecule has 2 saturated carbocycles. The molecule has 0 aliphatic heterocycles. The molecule has 0 aromatic carbocycles. The molecule has 2 aliphatic rings. The minimum Gasteiger partial charge on any atom is -0.134 e. The third-order valence-corrected chi connectivity index (χ3v) is 3.18. The zero-order chi connectivity index (χ0) is 6.27. The van der Waals surface area contributed by atoms with Crippen LogP contribution in [0.25, 0.3) is 0 Å². The van der Waals surface area contributed by atoms with Gasteiger partial charge in [-0.3, -0.25) is 0 Å². The Labute approximate surface area is 59.6 Å². The highest BCUT2D eigenvalue weighted by molar-refractivity contribution is 7.17. The molecule has 0 spiro atoms. The van der Waals surface area contributed by atoms with Gasteiger partial charge in [-0.15, -0.1) is 9.24 Å². The number of rotatable bonds is 2. The summed E-state index contributed by atoms with van der Waals surface area (Å²) in [4.78, 5) is 0. The van der Waals surface area contributed by atoms with Gasteiger partial charge in [0, 0.05) is 0 Å². The van der Waals surface area contributed by atoms with Crippen molar-refractivity contribution in [1.29, 1.82) is 0 Å². The quantitative estimate of drug-likeness (QED) is 0.519. The molecule has 0 bridgehead atoms. The van der Waals surface area contributed by atoms with E-state index < -0.39 is 0 Å². The van der Waals surface area contributed by atoms with E-state index in [1.54, 1.807) is 6.42 Å². The Balaban J connectivity index is 1.64. The highest BCUT2D eigenvalue weighted by Gasteiger charge is 2.31. The molecular weight excluding hydrogens is 127 g/mol. The Bertz CT molecular complexity index is 101. The normalized spacial score (nSPS) is 42.3. The van der Waals surface area contributed by atoms with Crippen LogP contribution >= 0.6 is 9.24 Å². The van der Waals surface area contributed by atoms with E-state index in [2.05, 4.69) is 9.24 Å². The smallest absolute Gasteiger partial charge is 0.0259 e. The minimum absolute atomic E-state index is 0.980. The minimum atomic E-state index is 0.980. The number of hydrogen-bond donors (Lipinski definition) is 0. The SMILES string of the molecule is PC1CC(CC2CC2)C1. The molecule has 52 valence electrons. The van der Waals surface area contributed by atoms with Crippen LogP contribution in [-0.4, -0.2) is 5.66 Å². The second-order valence-corrected chi connectivity index (χ2v) is 4.72. The third kappa shape index (κ3) is 1.46. The van der Waals surface area contributed by atoms with E-state index >= 15 is 0 Å². The fourth-order valence-electron chi connectivity index (χ4n) is 1.80. The topological polar surface area (TPSA) is 0 Å². The first-order valence-electron chi connectivity index (χ1n) is 4.10. The first kappa shape index (κ1) is 6.16. The molecule has 0 heterocycles. The fraction of sp³-hybridized carbons (Fsp3) is 1.00. The molecule has 0 N–H and O–H groups in total. The monoisotopic (exact) mass is 142 g/mol. The zero-order valence-corrected chi connectivity index (χ0v) is 7.00. The van der Waals surface area contributed by atoms with E-state index in [4.69, 9.17) is 0 Å². The lowest BCUT2D eigenvalue weighted by molar-refractivity contribution is 0.294. The molecule has 2 rings (SSSR count). The van der Waals surface area contributed by atoms with Gasteiger partial charge in [0.25, 0.3) is 0 Å². The first-order valence-corrected chi connectivity index (χ1v) is 4.77. The van der Waals surface area contributed by atoms with E-state index in [0.717, 1.165) is 17.5 Å². The summed E-state index contributed by atoms with van der Waals surface area (Å²) in [5, 5.41) is 0. The summed E-state index contributed by atoms with van der Waals surface area (Å²) in [6.07, 6.45) is 7.64. The Kier molecular flexibility index (Phi) is 1.53. The summed E-state index contributed by atoms with van der Waals surface area (Å²) in [7, 11) is 2.93. The van der Waals surface area contributed by atoms with Crippen molar-refractivity contribution < 1.29 is 0 Å². The van der Waals surface area contributed by atoms with E-state index in [0.29, 0.717) is 0 Å². The molecule has 2 fully saturated rings. The van der Waals surface area contributed by atoms with Crippen molar-refractivity contribution in [3.8, 4) is 0 Å². The van der Waals surface area contributed by atoms with Gasteiger partial charge in [-0.1, -0.05) is 12.8 Å². The van der Waals surface area contributed by atoms with Crippen molar-refractivity contribution in [2.45, 2.75) is 37.8 Å². The summed E-state index contributed by atoms with van der Waals surface area (Å²) in [5.74, 6) is 2.28. The molecule has 2 aliphatic carbocycles. The van der Waals surface area contributed by atoms with E-state index in [1.807, 2.05) is 0 Å². The van der Waals surface area contributed by atoms with Crippen molar-refractivity contribution in [2.24, 2.45) is 11.8 Å². The van der Waals surface area contributed by atoms with Gasteiger partial charge in [0.2, 0.25) is 0 Å². The lowest BCUT2D eigenvalue weighted by Gasteiger charge is -2.32. The molecule has 1 unspecified atom stereocenters. The standard InChI is InChI=1S/C8H15P/c9-8-4-7(5-8)3-6-1-2-6/h6-8H,1-5,9H2. The Morgan fingerprint density at radius 2 is 1.78 bits per heavy atom. The second-order valence-electron chi connectivity index (χ2n) is 3.78. The van der Waals surface area contributed by atoms with Crippen LogP contribution in [0.1, 0.15) is 32.1 Å². The summed E-state index contributed by atoms with van der Waals surface area (Å²) >= 11 is 0. The largest absolute Gasteiger partial charge is 0.134 e. The van der Waals surface area contributed by atoms with Gasteiger partial charge in [0.1, 0.15) is 0 Å². The molecule has 1 atom stereocenters. The van der Waals surface area contributed by atoms with E-state index in [9.17, 15) is 0 Å². The van der Waals surface area contributed by atoms with Crippen LogP contribution in [0.15, 0.2) is 0 Å². The fourth-order valence-corrected chi connectivity index (χ4v) is 2.57. The maximum Gasteiger partial charge on any atom is -0.0259 e. The molecule has 0 amide bonds. The Morgan fingerprint density at radius 1 is 1.11 bits per heavy atom. The first-order chi connectivity index (χ1) is 4.34. The van der Waals surface area contributed by atoms with Gasteiger partial charge in [-0.2, -0.15) is 0 Å². The maximum absolute atomic E-state index is 2.93. The van der Waals surface area contributed by atoms with Crippen molar-refractivity contribution in [2.75, 3.05) is 0 Å². The predicted molar refractivity (Wildman–Crippen MR) is 43.6 cm³/mol. The highest BCUT2D eigenvalue weighted by atomic mass is 31.0. The van der Waals surface area contributed by atoms with Crippen LogP contribution in [0.5, 0.6) is 0 Å². The van der Waals surface area contributed by atoms with Gasteiger partial charge in [0.05, 0.1) is 0 Å². The van der Waals surface area contributed by atoms with Crippen LogP contribution in [0, 0.1) is 11.8 Å². The van der Waals surface area contributed by atoms with Crippen molar-refractivity contribution >= 4 is 9.24 Å². The molecule has 9 heavy (non-hydrogen) atoms.